The summed E-state index contributed by atoms with van der Waals surface area (Å²) in [7, 11) is 0. The van der Waals surface area contributed by atoms with Crippen LogP contribution in [0.15, 0.2) is 18.2 Å². The normalized spacial score (nSPS) is 16.2. The summed E-state index contributed by atoms with van der Waals surface area (Å²) < 4.78 is 6.15. The van der Waals surface area contributed by atoms with Crippen LogP contribution in [0, 0.1) is 18.8 Å². The Bertz CT molecular complexity index is 542. The molecule has 0 aromatic heterocycles. The number of ether oxygens (including phenoxy) is 1. The van der Waals surface area contributed by atoms with Gasteiger partial charge < -0.3 is 15.4 Å². The molecule has 1 fully saturated rings. The van der Waals surface area contributed by atoms with Crippen LogP contribution in [0.1, 0.15) is 51.2 Å². The SMILES string of the molecule is Cc1ccc(CNC(=O)C2CCNCC2)c(OC(C)CC(C)C)c1.Cl. The molecule has 1 aromatic rings. The Balaban J connectivity index is 0.00000312. The van der Waals surface area contributed by atoms with Crippen LogP contribution >= 0.6 is 12.4 Å². The lowest BCUT2D eigenvalue weighted by atomic mass is 9.97. The number of carbonyl (C=O) groups is 1. The number of nitrogens with one attached hydrogen (secondary N) is 2. The van der Waals surface area contributed by atoms with Crippen molar-refractivity contribution in [3.05, 3.63) is 29.3 Å². The number of hydrogen-bond donors (Lipinski definition) is 2. The Morgan fingerprint density at radius 1 is 1.28 bits per heavy atom. The van der Waals surface area contributed by atoms with Crippen molar-refractivity contribution >= 4 is 18.3 Å². The first-order valence-electron chi connectivity index (χ1n) is 9.20. The molecule has 2 rings (SSSR count). The molecule has 25 heavy (non-hydrogen) atoms. The number of piperidine rings is 1. The Morgan fingerprint density at radius 2 is 1.96 bits per heavy atom. The monoisotopic (exact) mass is 368 g/mol. The van der Waals surface area contributed by atoms with Gasteiger partial charge in [0.2, 0.25) is 5.91 Å². The molecule has 1 amide bonds. The van der Waals surface area contributed by atoms with Crippen molar-refractivity contribution < 1.29 is 9.53 Å². The summed E-state index contributed by atoms with van der Waals surface area (Å²) in [5.74, 6) is 1.81. The standard InChI is InChI=1S/C20H32N2O2.ClH/c1-14(2)11-16(4)24-19-12-15(3)5-6-18(19)13-22-20(23)17-7-9-21-10-8-17;/h5-6,12,14,16-17,21H,7-11,13H2,1-4H3,(H,22,23);1H. The molecule has 1 atom stereocenters. The van der Waals surface area contributed by atoms with E-state index in [1.807, 2.05) is 0 Å². The Kier molecular flexibility index (Phi) is 9.30. The van der Waals surface area contributed by atoms with Crippen LogP contribution < -0.4 is 15.4 Å². The fourth-order valence-corrected chi connectivity index (χ4v) is 3.26. The lowest BCUT2D eigenvalue weighted by Crippen LogP contribution is -2.37. The van der Waals surface area contributed by atoms with Crippen molar-refractivity contribution in [1.82, 2.24) is 10.6 Å². The minimum atomic E-state index is 0. The summed E-state index contributed by atoms with van der Waals surface area (Å²) >= 11 is 0. The maximum absolute atomic E-state index is 12.3. The first-order valence-corrected chi connectivity index (χ1v) is 9.20. The van der Waals surface area contributed by atoms with E-state index < -0.39 is 0 Å². The number of amides is 1. The molecule has 1 aliphatic heterocycles. The van der Waals surface area contributed by atoms with Crippen molar-refractivity contribution in [1.29, 1.82) is 0 Å². The van der Waals surface area contributed by atoms with Gasteiger partial charge in [0.25, 0.3) is 0 Å². The van der Waals surface area contributed by atoms with Gasteiger partial charge in [-0.1, -0.05) is 26.0 Å². The number of halogens is 1. The first-order chi connectivity index (χ1) is 11.5. The van der Waals surface area contributed by atoms with E-state index in [2.05, 4.69) is 56.5 Å². The van der Waals surface area contributed by atoms with Gasteiger partial charge in [-0.15, -0.1) is 12.4 Å². The summed E-state index contributed by atoms with van der Waals surface area (Å²) in [6, 6.07) is 6.21. The van der Waals surface area contributed by atoms with E-state index in [1.165, 1.54) is 5.56 Å². The largest absolute Gasteiger partial charge is 0.490 e. The topological polar surface area (TPSA) is 50.4 Å². The minimum Gasteiger partial charge on any atom is -0.490 e. The van der Waals surface area contributed by atoms with Crippen molar-refractivity contribution in [3.63, 3.8) is 0 Å². The highest BCUT2D eigenvalue weighted by Crippen LogP contribution is 2.23. The molecule has 1 aromatic carbocycles. The predicted molar refractivity (Wildman–Crippen MR) is 105 cm³/mol. The van der Waals surface area contributed by atoms with Crippen LogP contribution in [0.3, 0.4) is 0 Å². The van der Waals surface area contributed by atoms with Crippen LogP contribution in [0.5, 0.6) is 5.75 Å². The second-order valence-corrected chi connectivity index (χ2v) is 7.41. The van der Waals surface area contributed by atoms with E-state index in [0.29, 0.717) is 12.5 Å². The van der Waals surface area contributed by atoms with Crippen LogP contribution in [0.2, 0.25) is 0 Å². The number of rotatable bonds is 7. The first kappa shape index (κ1) is 21.8. The van der Waals surface area contributed by atoms with Crippen LogP contribution in [0.4, 0.5) is 0 Å². The highest BCUT2D eigenvalue weighted by Gasteiger charge is 2.21. The van der Waals surface area contributed by atoms with Gasteiger partial charge in [0.1, 0.15) is 5.75 Å². The molecule has 4 nitrogen and oxygen atoms in total. The molecule has 2 N–H and O–H groups in total. The lowest BCUT2D eigenvalue weighted by molar-refractivity contribution is -0.125. The second kappa shape index (κ2) is 10.7. The Hall–Kier alpha value is -1.26. The second-order valence-electron chi connectivity index (χ2n) is 7.41. The maximum Gasteiger partial charge on any atom is 0.223 e. The van der Waals surface area contributed by atoms with E-state index >= 15 is 0 Å². The number of benzene rings is 1. The van der Waals surface area contributed by atoms with Gasteiger partial charge in [-0.2, -0.15) is 0 Å². The Labute approximate surface area is 158 Å². The summed E-state index contributed by atoms with van der Waals surface area (Å²) in [4.78, 5) is 12.3. The van der Waals surface area contributed by atoms with Gasteiger partial charge in [-0.05, 0) is 63.7 Å². The summed E-state index contributed by atoms with van der Waals surface area (Å²) in [5.41, 5.74) is 2.23. The summed E-state index contributed by atoms with van der Waals surface area (Å²) in [6.07, 6.45) is 3.04. The average Bonchev–Trinajstić information content (AvgIpc) is 2.54. The van der Waals surface area contributed by atoms with Crippen molar-refractivity contribution in [2.75, 3.05) is 13.1 Å². The molecular formula is C20H33ClN2O2. The number of hydrogen-bond acceptors (Lipinski definition) is 3. The van der Waals surface area contributed by atoms with Crippen molar-refractivity contribution in [3.8, 4) is 5.75 Å². The fraction of sp³-hybridized carbons (Fsp3) is 0.650. The average molecular weight is 369 g/mol. The molecule has 0 bridgehead atoms. The smallest absolute Gasteiger partial charge is 0.223 e. The molecule has 0 spiro atoms. The van der Waals surface area contributed by atoms with E-state index in [4.69, 9.17) is 4.74 Å². The summed E-state index contributed by atoms with van der Waals surface area (Å²) in [6.45, 7) is 11.0. The van der Waals surface area contributed by atoms with E-state index in [0.717, 1.165) is 43.7 Å². The molecule has 1 heterocycles. The van der Waals surface area contributed by atoms with Gasteiger partial charge in [-0.25, -0.2) is 0 Å². The number of aryl methyl sites for hydroxylation is 1. The van der Waals surface area contributed by atoms with Crippen molar-refractivity contribution in [2.24, 2.45) is 11.8 Å². The number of carbonyl (C=O) groups excluding carboxylic acids is 1. The molecule has 1 saturated heterocycles. The quantitative estimate of drug-likeness (QED) is 0.768. The minimum absolute atomic E-state index is 0. The highest BCUT2D eigenvalue weighted by atomic mass is 35.5. The van der Waals surface area contributed by atoms with E-state index in [9.17, 15) is 4.79 Å². The van der Waals surface area contributed by atoms with E-state index in [1.54, 1.807) is 0 Å². The zero-order chi connectivity index (χ0) is 17.5. The molecule has 5 heteroatoms. The Morgan fingerprint density at radius 3 is 2.60 bits per heavy atom. The maximum atomic E-state index is 12.3. The van der Waals surface area contributed by atoms with Gasteiger partial charge in [0.05, 0.1) is 6.10 Å². The third kappa shape index (κ3) is 7.25. The van der Waals surface area contributed by atoms with Crippen LogP contribution in [-0.2, 0) is 11.3 Å². The predicted octanol–water partition coefficient (Wildman–Crippen LogP) is 3.85. The van der Waals surface area contributed by atoms with Gasteiger partial charge in [0.15, 0.2) is 0 Å². The highest BCUT2D eigenvalue weighted by molar-refractivity contribution is 5.85. The molecule has 1 aliphatic rings. The van der Waals surface area contributed by atoms with Crippen LogP contribution in [-0.4, -0.2) is 25.1 Å². The van der Waals surface area contributed by atoms with E-state index in [-0.39, 0.29) is 30.3 Å². The molecule has 0 radical (unpaired) electrons. The van der Waals surface area contributed by atoms with Crippen LogP contribution in [0.25, 0.3) is 0 Å². The third-order valence-corrected chi connectivity index (χ3v) is 4.52. The van der Waals surface area contributed by atoms with Gasteiger partial charge in [0, 0.05) is 18.0 Å². The fourth-order valence-electron chi connectivity index (χ4n) is 3.26. The lowest BCUT2D eigenvalue weighted by Gasteiger charge is -2.23. The molecule has 0 saturated carbocycles. The van der Waals surface area contributed by atoms with Crippen molar-refractivity contribution in [2.45, 2.75) is 59.6 Å². The molecule has 0 aliphatic carbocycles. The van der Waals surface area contributed by atoms with Gasteiger partial charge >= 0.3 is 0 Å². The zero-order valence-corrected chi connectivity index (χ0v) is 16.7. The molecule has 142 valence electrons. The zero-order valence-electron chi connectivity index (χ0n) is 15.9. The van der Waals surface area contributed by atoms with Gasteiger partial charge in [-0.3, -0.25) is 4.79 Å². The molecular weight excluding hydrogens is 336 g/mol. The molecule has 1 unspecified atom stereocenters. The third-order valence-electron chi connectivity index (χ3n) is 4.52. The summed E-state index contributed by atoms with van der Waals surface area (Å²) in [5, 5.41) is 6.39.